The van der Waals surface area contributed by atoms with Crippen molar-refractivity contribution in [3.63, 3.8) is 0 Å². The molecular weight excluding hydrogens is 473 g/mol. The van der Waals surface area contributed by atoms with Gasteiger partial charge in [-0.05, 0) is 48.0 Å². The summed E-state index contributed by atoms with van der Waals surface area (Å²) < 4.78 is 44.0. The van der Waals surface area contributed by atoms with E-state index in [1.807, 2.05) is 35.0 Å². The number of nitrogens with zero attached hydrogens (tertiary/aromatic N) is 3. The van der Waals surface area contributed by atoms with Gasteiger partial charge in [0, 0.05) is 29.3 Å². The van der Waals surface area contributed by atoms with Crippen molar-refractivity contribution in [2.45, 2.75) is 19.5 Å². The lowest BCUT2D eigenvalue weighted by atomic mass is 10.1. The van der Waals surface area contributed by atoms with Gasteiger partial charge in [-0.1, -0.05) is 30.3 Å². The molecule has 1 aliphatic rings. The minimum atomic E-state index is -4.93. The molecule has 10 heteroatoms. The molecule has 3 aromatic carbocycles. The van der Waals surface area contributed by atoms with Crippen molar-refractivity contribution >= 4 is 23.2 Å². The third kappa shape index (κ3) is 4.78. The highest BCUT2D eigenvalue weighted by molar-refractivity contribution is 6.08. The third-order valence-electron chi connectivity index (χ3n) is 5.72. The molecule has 0 bridgehead atoms. The summed E-state index contributed by atoms with van der Waals surface area (Å²) in [4.78, 5) is 32.1. The average molecular weight is 492 g/mol. The highest BCUT2D eigenvalue weighted by atomic mass is 19.4. The van der Waals surface area contributed by atoms with E-state index in [0.717, 1.165) is 23.1 Å². The molecule has 1 aliphatic heterocycles. The molecule has 0 unspecified atom stereocenters. The van der Waals surface area contributed by atoms with E-state index in [-0.39, 0.29) is 18.0 Å². The van der Waals surface area contributed by atoms with E-state index in [2.05, 4.69) is 15.0 Å². The molecule has 0 fully saturated rings. The number of rotatable bonds is 4. The van der Waals surface area contributed by atoms with Crippen LogP contribution in [0.1, 0.15) is 32.1 Å². The van der Waals surface area contributed by atoms with Gasteiger partial charge in [-0.15, -0.1) is 13.2 Å². The number of imidazole rings is 1. The van der Waals surface area contributed by atoms with Crippen LogP contribution < -0.4 is 15.0 Å². The summed E-state index contributed by atoms with van der Waals surface area (Å²) in [5.41, 5.74) is 2.18. The summed E-state index contributed by atoms with van der Waals surface area (Å²) in [5.74, 6) is -0.876. The molecule has 0 aliphatic carbocycles. The van der Waals surface area contributed by atoms with E-state index in [4.69, 9.17) is 0 Å². The Balaban J connectivity index is 1.36. The van der Waals surface area contributed by atoms with Crippen molar-refractivity contribution < 1.29 is 27.5 Å². The smallest absolute Gasteiger partial charge is 0.405 e. The maximum atomic E-state index is 13.5. The van der Waals surface area contributed by atoms with Crippen LogP contribution in [0.4, 0.5) is 24.5 Å². The summed E-state index contributed by atoms with van der Waals surface area (Å²) in [6.07, 6.45) is -1.36. The Hall–Kier alpha value is -4.60. The summed E-state index contributed by atoms with van der Waals surface area (Å²) in [7, 11) is 0. The normalized spacial score (nSPS) is 12.8. The number of benzene rings is 3. The molecule has 0 saturated heterocycles. The van der Waals surface area contributed by atoms with Crippen LogP contribution >= 0.6 is 0 Å². The number of hydrogen-bond donors (Lipinski definition) is 1. The zero-order valence-corrected chi connectivity index (χ0v) is 18.7. The first-order valence-electron chi connectivity index (χ1n) is 10.9. The van der Waals surface area contributed by atoms with Crippen LogP contribution in [0.5, 0.6) is 5.75 Å². The standard InChI is InChI=1S/C26H19F3N4O3/c27-26(28,29)36-22-8-4-2-6-20(22)24(34)31-19-11-9-17(10-12-19)25(35)33-16-23-30-13-14-32(23)15-18-5-1-3-7-21(18)33/h1-14H,15-16H2,(H,31,34). The fraction of sp³-hybridized carbons (Fsp3) is 0.115. The number of fused-ring (bicyclic) bond motifs is 2. The number of para-hydroxylation sites is 2. The van der Waals surface area contributed by atoms with E-state index in [1.54, 1.807) is 23.2 Å². The van der Waals surface area contributed by atoms with Gasteiger partial charge >= 0.3 is 6.36 Å². The molecular formula is C26H19F3N4O3. The van der Waals surface area contributed by atoms with Crippen LogP contribution in [-0.2, 0) is 13.1 Å². The van der Waals surface area contributed by atoms with Crippen molar-refractivity contribution in [3.8, 4) is 5.75 Å². The monoisotopic (exact) mass is 492 g/mol. The van der Waals surface area contributed by atoms with E-state index >= 15 is 0 Å². The number of ether oxygens (including phenoxy) is 1. The zero-order valence-electron chi connectivity index (χ0n) is 18.7. The van der Waals surface area contributed by atoms with Crippen molar-refractivity contribution in [1.82, 2.24) is 9.55 Å². The maximum absolute atomic E-state index is 13.5. The number of carbonyl (C=O) groups is 2. The minimum absolute atomic E-state index is 0.249. The van der Waals surface area contributed by atoms with E-state index in [1.165, 1.54) is 30.3 Å². The molecule has 182 valence electrons. The number of amides is 2. The molecule has 0 spiro atoms. The zero-order chi connectivity index (χ0) is 25.3. The first kappa shape index (κ1) is 23.2. The fourth-order valence-corrected chi connectivity index (χ4v) is 4.05. The Morgan fingerprint density at radius 1 is 0.917 bits per heavy atom. The van der Waals surface area contributed by atoms with Crippen LogP contribution in [0.25, 0.3) is 0 Å². The molecule has 0 atom stereocenters. The average Bonchev–Trinajstić information content (AvgIpc) is 3.22. The molecule has 0 saturated carbocycles. The first-order chi connectivity index (χ1) is 17.3. The molecule has 1 N–H and O–H groups in total. The van der Waals surface area contributed by atoms with Crippen LogP contribution in [0.15, 0.2) is 85.2 Å². The highest BCUT2D eigenvalue weighted by Crippen LogP contribution is 2.29. The van der Waals surface area contributed by atoms with Crippen molar-refractivity contribution in [2.24, 2.45) is 0 Å². The van der Waals surface area contributed by atoms with Crippen molar-refractivity contribution in [1.29, 1.82) is 0 Å². The third-order valence-corrected chi connectivity index (χ3v) is 5.72. The summed E-state index contributed by atoms with van der Waals surface area (Å²) in [6.45, 7) is 0.886. The summed E-state index contributed by atoms with van der Waals surface area (Å²) >= 11 is 0. The van der Waals surface area contributed by atoms with Gasteiger partial charge in [0.2, 0.25) is 0 Å². The quantitative estimate of drug-likeness (QED) is 0.423. The van der Waals surface area contributed by atoms with E-state index < -0.39 is 18.0 Å². The predicted molar refractivity (Wildman–Crippen MR) is 126 cm³/mol. The number of nitrogens with one attached hydrogen (secondary N) is 1. The molecule has 1 aromatic heterocycles. The Bertz CT molecular complexity index is 1430. The summed E-state index contributed by atoms with van der Waals surface area (Å²) in [5, 5.41) is 2.54. The van der Waals surface area contributed by atoms with Crippen LogP contribution in [0, 0.1) is 0 Å². The van der Waals surface area contributed by atoms with Gasteiger partial charge in [0.25, 0.3) is 11.8 Å². The van der Waals surface area contributed by atoms with Crippen molar-refractivity contribution in [2.75, 3.05) is 10.2 Å². The summed E-state index contributed by atoms with van der Waals surface area (Å²) in [6, 6.07) is 18.8. The van der Waals surface area contributed by atoms with E-state index in [0.29, 0.717) is 17.8 Å². The van der Waals surface area contributed by atoms with Gasteiger partial charge < -0.3 is 19.5 Å². The van der Waals surface area contributed by atoms with Crippen molar-refractivity contribution in [3.05, 3.63) is 108 Å². The van der Waals surface area contributed by atoms with Gasteiger partial charge in [-0.25, -0.2) is 4.98 Å². The van der Waals surface area contributed by atoms with Gasteiger partial charge in [-0.3, -0.25) is 9.59 Å². The molecule has 0 radical (unpaired) electrons. The predicted octanol–water partition coefficient (Wildman–Crippen LogP) is 5.24. The molecule has 7 nitrogen and oxygen atoms in total. The number of halogens is 3. The van der Waals surface area contributed by atoms with Crippen LogP contribution in [0.3, 0.4) is 0 Å². The molecule has 2 heterocycles. The number of carbonyl (C=O) groups excluding carboxylic acids is 2. The Kier molecular flexibility index (Phi) is 5.93. The Labute approximate surface area is 203 Å². The number of alkyl halides is 3. The number of anilines is 2. The fourth-order valence-electron chi connectivity index (χ4n) is 4.05. The highest BCUT2D eigenvalue weighted by Gasteiger charge is 2.33. The number of hydrogen-bond acceptors (Lipinski definition) is 4. The first-order valence-corrected chi connectivity index (χ1v) is 10.9. The largest absolute Gasteiger partial charge is 0.573 e. The second-order valence-corrected chi connectivity index (χ2v) is 8.07. The molecule has 4 aromatic rings. The van der Waals surface area contributed by atoms with Gasteiger partial charge in [0.05, 0.1) is 18.7 Å². The lowest BCUT2D eigenvalue weighted by Crippen LogP contribution is -2.30. The van der Waals surface area contributed by atoms with Gasteiger partial charge in [-0.2, -0.15) is 0 Å². The second-order valence-electron chi connectivity index (χ2n) is 8.07. The van der Waals surface area contributed by atoms with Crippen LogP contribution in [0.2, 0.25) is 0 Å². The second kappa shape index (κ2) is 9.21. The SMILES string of the molecule is O=C(Nc1ccc(C(=O)N2Cc3nccn3Cc3ccccc32)cc1)c1ccccc1OC(F)(F)F. The van der Waals surface area contributed by atoms with E-state index in [9.17, 15) is 22.8 Å². The minimum Gasteiger partial charge on any atom is -0.405 e. The molecule has 36 heavy (non-hydrogen) atoms. The maximum Gasteiger partial charge on any atom is 0.573 e. The lowest BCUT2D eigenvalue weighted by molar-refractivity contribution is -0.274. The molecule has 2 amide bonds. The topological polar surface area (TPSA) is 76.5 Å². The number of aromatic nitrogens is 2. The molecule has 5 rings (SSSR count). The Morgan fingerprint density at radius 3 is 2.42 bits per heavy atom. The Morgan fingerprint density at radius 2 is 1.64 bits per heavy atom. The van der Waals surface area contributed by atoms with Gasteiger partial charge in [0.15, 0.2) is 0 Å². The lowest BCUT2D eigenvalue weighted by Gasteiger charge is -2.22. The van der Waals surface area contributed by atoms with Gasteiger partial charge in [0.1, 0.15) is 11.6 Å². The van der Waals surface area contributed by atoms with Crippen LogP contribution in [-0.4, -0.2) is 27.7 Å².